The van der Waals surface area contributed by atoms with Crippen LogP contribution in [-0.2, 0) is 9.47 Å². The molecule has 0 aliphatic carbocycles. The highest BCUT2D eigenvalue weighted by molar-refractivity contribution is 4.72. The van der Waals surface area contributed by atoms with Gasteiger partial charge < -0.3 is 14.8 Å². The average molecular weight is 244 g/mol. The molecule has 0 amide bonds. The zero-order valence-corrected chi connectivity index (χ0v) is 11.8. The molecular weight excluding hydrogens is 216 g/mol. The van der Waals surface area contributed by atoms with E-state index in [-0.39, 0.29) is 5.60 Å². The number of ether oxygens (including phenoxy) is 2. The predicted molar refractivity (Wildman–Crippen MR) is 70.4 cm³/mol. The molecule has 0 aromatic heterocycles. The summed E-state index contributed by atoms with van der Waals surface area (Å²) in [6, 6.07) is 0. The number of hydrogen-bond acceptors (Lipinski definition) is 4. The van der Waals surface area contributed by atoms with Crippen LogP contribution in [0.1, 0.15) is 27.7 Å². The van der Waals surface area contributed by atoms with Crippen molar-refractivity contribution in [3.63, 3.8) is 0 Å². The number of likely N-dealkylation sites (N-methyl/N-ethyl adjacent to an activating group) is 1. The second-order valence-corrected chi connectivity index (χ2v) is 5.55. The molecule has 0 aromatic carbocycles. The maximum absolute atomic E-state index is 5.71. The van der Waals surface area contributed by atoms with Crippen LogP contribution in [0, 0.1) is 0 Å². The fraction of sp³-hybridized carbons (Fsp3) is 1.00. The Morgan fingerprint density at radius 2 is 2.18 bits per heavy atom. The molecule has 0 radical (unpaired) electrons. The molecule has 102 valence electrons. The van der Waals surface area contributed by atoms with Crippen LogP contribution in [-0.4, -0.2) is 62.5 Å². The molecule has 1 aliphatic rings. The standard InChI is InChI=1S/C13H28N2O2/c1-5-15-7-9-16-12(11-15)10-14-6-8-17-13(2,3)4/h12,14H,5-11H2,1-4H3. The van der Waals surface area contributed by atoms with Crippen molar-refractivity contribution in [2.45, 2.75) is 39.4 Å². The smallest absolute Gasteiger partial charge is 0.0826 e. The van der Waals surface area contributed by atoms with Crippen molar-refractivity contribution >= 4 is 0 Å². The summed E-state index contributed by atoms with van der Waals surface area (Å²) >= 11 is 0. The molecule has 1 atom stereocenters. The van der Waals surface area contributed by atoms with Crippen LogP contribution in [0.25, 0.3) is 0 Å². The van der Waals surface area contributed by atoms with E-state index in [1.165, 1.54) is 0 Å². The van der Waals surface area contributed by atoms with E-state index in [0.29, 0.717) is 6.10 Å². The van der Waals surface area contributed by atoms with E-state index in [2.05, 4.69) is 37.9 Å². The first-order valence-corrected chi connectivity index (χ1v) is 6.70. The Labute approximate surface area is 106 Å². The van der Waals surface area contributed by atoms with Gasteiger partial charge in [0.25, 0.3) is 0 Å². The Kier molecular flexibility index (Phi) is 6.41. The second-order valence-electron chi connectivity index (χ2n) is 5.55. The van der Waals surface area contributed by atoms with Crippen LogP contribution >= 0.6 is 0 Å². The van der Waals surface area contributed by atoms with Gasteiger partial charge in [-0.05, 0) is 27.3 Å². The minimum atomic E-state index is -0.0397. The number of morpholine rings is 1. The first-order chi connectivity index (χ1) is 8.01. The fourth-order valence-electron chi connectivity index (χ4n) is 1.88. The third kappa shape index (κ3) is 6.99. The lowest BCUT2D eigenvalue weighted by molar-refractivity contribution is -0.0289. The average Bonchev–Trinajstić information content (AvgIpc) is 2.27. The largest absolute Gasteiger partial charge is 0.375 e. The summed E-state index contributed by atoms with van der Waals surface area (Å²) in [4.78, 5) is 2.43. The normalized spacial score (nSPS) is 22.9. The minimum Gasteiger partial charge on any atom is -0.375 e. The van der Waals surface area contributed by atoms with Gasteiger partial charge in [-0.15, -0.1) is 0 Å². The summed E-state index contributed by atoms with van der Waals surface area (Å²) in [5.74, 6) is 0. The van der Waals surface area contributed by atoms with E-state index in [1.807, 2.05) is 0 Å². The Hall–Kier alpha value is -0.160. The summed E-state index contributed by atoms with van der Waals surface area (Å²) in [5, 5.41) is 3.40. The van der Waals surface area contributed by atoms with E-state index in [9.17, 15) is 0 Å². The Morgan fingerprint density at radius 3 is 2.82 bits per heavy atom. The molecule has 1 rings (SSSR count). The van der Waals surface area contributed by atoms with Crippen LogP contribution in [0.2, 0.25) is 0 Å². The van der Waals surface area contributed by atoms with E-state index >= 15 is 0 Å². The van der Waals surface area contributed by atoms with Crippen LogP contribution in [0.3, 0.4) is 0 Å². The first kappa shape index (κ1) is 14.9. The first-order valence-electron chi connectivity index (χ1n) is 6.70. The molecule has 0 bridgehead atoms. The zero-order chi connectivity index (χ0) is 12.7. The van der Waals surface area contributed by atoms with Gasteiger partial charge in [-0.3, -0.25) is 4.90 Å². The molecule has 0 spiro atoms. The van der Waals surface area contributed by atoms with Crippen molar-refractivity contribution < 1.29 is 9.47 Å². The molecule has 1 unspecified atom stereocenters. The van der Waals surface area contributed by atoms with E-state index in [4.69, 9.17) is 9.47 Å². The lowest BCUT2D eigenvalue weighted by Crippen LogP contribution is -2.46. The third-order valence-electron chi connectivity index (χ3n) is 2.86. The summed E-state index contributed by atoms with van der Waals surface area (Å²) in [6.07, 6.45) is 0.332. The summed E-state index contributed by atoms with van der Waals surface area (Å²) in [5.41, 5.74) is -0.0397. The molecule has 4 nitrogen and oxygen atoms in total. The van der Waals surface area contributed by atoms with Crippen LogP contribution < -0.4 is 5.32 Å². The predicted octanol–water partition coefficient (Wildman–Crippen LogP) is 1.11. The van der Waals surface area contributed by atoms with Gasteiger partial charge >= 0.3 is 0 Å². The highest BCUT2D eigenvalue weighted by atomic mass is 16.5. The molecular formula is C13H28N2O2. The number of hydrogen-bond donors (Lipinski definition) is 1. The van der Waals surface area contributed by atoms with E-state index in [1.54, 1.807) is 0 Å². The van der Waals surface area contributed by atoms with Crippen molar-refractivity contribution in [1.29, 1.82) is 0 Å². The van der Waals surface area contributed by atoms with Crippen molar-refractivity contribution in [2.24, 2.45) is 0 Å². The third-order valence-corrected chi connectivity index (χ3v) is 2.86. The van der Waals surface area contributed by atoms with Crippen LogP contribution in [0.4, 0.5) is 0 Å². The molecule has 17 heavy (non-hydrogen) atoms. The van der Waals surface area contributed by atoms with Crippen molar-refractivity contribution in [3.8, 4) is 0 Å². The quantitative estimate of drug-likeness (QED) is 0.710. The van der Waals surface area contributed by atoms with Gasteiger partial charge in [0.05, 0.1) is 24.9 Å². The van der Waals surface area contributed by atoms with Crippen LogP contribution in [0.5, 0.6) is 0 Å². The van der Waals surface area contributed by atoms with Gasteiger partial charge in [0.15, 0.2) is 0 Å². The molecule has 1 N–H and O–H groups in total. The number of rotatable bonds is 6. The Bertz CT molecular complexity index is 204. The van der Waals surface area contributed by atoms with Gasteiger partial charge in [0.2, 0.25) is 0 Å². The van der Waals surface area contributed by atoms with Gasteiger partial charge in [-0.1, -0.05) is 6.92 Å². The number of nitrogens with one attached hydrogen (secondary N) is 1. The van der Waals surface area contributed by atoms with Gasteiger partial charge in [0.1, 0.15) is 0 Å². The van der Waals surface area contributed by atoms with Crippen LogP contribution in [0.15, 0.2) is 0 Å². The van der Waals surface area contributed by atoms with E-state index in [0.717, 1.165) is 45.9 Å². The maximum atomic E-state index is 5.71. The highest BCUT2D eigenvalue weighted by Crippen LogP contribution is 2.05. The lowest BCUT2D eigenvalue weighted by Gasteiger charge is -2.32. The molecule has 1 heterocycles. The van der Waals surface area contributed by atoms with Gasteiger partial charge in [-0.25, -0.2) is 0 Å². The molecule has 1 aliphatic heterocycles. The maximum Gasteiger partial charge on any atom is 0.0826 e. The zero-order valence-electron chi connectivity index (χ0n) is 11.8. The van der Waals surface area contributed by atoms with Gasteiger partial charge in [-0.2, -0.15) is 0 Å². The van der Waals surface area contributed by atoms with E-state index < -0.39 is 0 Å². The molecule has 1 fully saturated rings. The molecule has 4 heteroatoms. The SMILES string of the molecule is CCN1CCOC(CNCCOC(C)(C)C)C1. The van der Waals surface area contributed by atoms with Crippen molar-refractivity contribution in [3.05, 3.63) is 0 Å². The minimum absolute atomic E-state index is 0.0397. The monoisotopic (exact) mass is 244 g/mol. The lowest BCUT2D eigenvalue weighted by atomic mass is 10.2. The molecule has 0 aromatic rings. The number of nitrogens with zero attached hydrogens (tertiary/aromatic N) is 1. The topological polar surface area (TPSA) is 33.7 Å². The summed E-state index contributed by atoms with van der Waals surface area (Å²) in [7, 11) is 0. The summed E-state index contributed by atoms with van der Waals surface area (Å²) in [6.45, 7) is 15.1. The van der Waals surface area contributed by atoms with Crippen molar-refractivity contribution in [2.75, 3.05) is 45.9 Å². The molecule has 0 saturated carbocycles. The molecule has 1 saturated heterocycles. The second kappa shape index (κ2) is 7.31. The van der Waals surface area contributed by atoms with Crippen molar-refractivity contribution in [1.82, 2.24) is 10.2 Å². The Morgan fingerprint density at radius 1 is 1.41 bits per heavy atom. The van der Waals surface area contributed by atoms with Gasteiger partial charge in [0, 0.05) is 26.2 Å². The highest BCUT2D eigenvalue weighted by Gasteiger charge is 2.18. The summed E-state index contributed by atoms with van der Waals surface area (Å²) < 4.78 is 11.4. The Balaban J connectivity index is 2.02. The fourth-order valence-corrected chi connectivity index (χ4v) is 1.88.